The van der Waals surface area contributed by atoms with Crippen molar-refractivity contribution in [3.63, 3.8) is 0 Å². The molecule has 0 spiro atoms. The van der Waals surface area contributed by atoms with Crippen LogP contribution in [0.3, 0.4) is 0 Å². The Morgan fingerprint density at radius 3 is 2.67 bits per heavy atom. The Balaban J connectivity index is 2.19. The number of aromatic nitrogens is 1. The second-order valence-electron chi connectivity index (χ2n) is 5.17. The van der Waals surface area contributed by atoms with Gasteiger partial charge in [0, 0.05) is 5.38 Å². The van der Waals surface area contributed by atoms with Gasteiger partial charge in [-0.2, -0.15) is 0 Å². The highest BCUT2D eigenvalue weighted by Crippen LogP contribution is 2.21. The lowest BCUT2D eigenvalue weighted by Gasteiger charge is -2.29. The largest absolute Gasteiger partial charge is 0.394 e. The first-order chi connectivity index (χ1) is 9.96. The van der Waals surface area contributed by atoms with E-state index < -0.39 is 5.54 Å². The van der Waals surface area contributed by atoms with Crippen LogP contribution in [-0.2, 0) is 5.54 Å². The summed E-state index contributed by atoms with van der Waals surface area (Å²) in [6.07, 6.45) is 0. The predicted octanol–water partition coefficient (Wildman–Crippen LogP) is 1.80. The zero-order valence-electron chi connectivity index (χ0n) is 12.0. The Morgan fingerprint density at radius 2 is 2.14 bits per heavy atom. The molecule has 6 heteroatoms. The summed E-state index contributed by atoms with van der Waals surface area (Å²) >= 11 is 1.36. The number of rotatable bonds is 5. The third-order valence-corrected chi connectivity index (χ3v) is 4.31. The Kier molecular flexibility index (Phi) is 4.72. The Bertz CT molecular complexity index is 612. The van der Waals surface area contributed by atoms with Crippen LogP contribution in [0, 0.1) is 0 Å². The molecule has 2 rings (SSSR count). The molecule has 2 atom stereocenters. The van der Waals surface area contributed by atoms with Crippen molar-refractivity contribution in [2.45, 2.75) is 25.4 Å². The monoisotopic (exact) mass is 305 g/mol. The zero-order valence-corrected chi connectivity index (χ0v) is 12.9. The average Bonchev–Trinajstić information content (AvgIpc) is 2.98. The quantitative estimate of drug-likeness (QED) is 0.786. The van der Waals surface area contributed by atoms with E-state index in [-0.39, 0.29) is 18.6 Å². The van der Waals surface area contributed by atoms with Gasteiger partial charge in [0.25, 0.3) is 5.91 Å². The molecular weight excluding hydrogens is 286 g/mol. The number of nitrogens with one attached hydrogen (secondary N) is 1. The van der Waals surface area contributed by atoms with Crippen molar-refractivity contribution in [1.82, 2.24) is 10.3 Å². The normalized spacial score (nSPS) is 15.2. The van der Waals surface area contributed by atoms with Crippen LogP contribution < -0.4 is 11.1 Å². The molecular formula is C15H19N3O2S. The lowest BCUT2D eigenvalue weighted by molar-refractivity contribution is 0.0845. The molecule has 1 aromatic carbocycles. The molecule has 2 aromatic rings. The number of hydrogen-bond acceptors (Lipinski definition) is 5. The second-order valence-corrected chi connectivity index (χ2v) is 6.06. The number of carbonyl (C=O) groups is 1. The summed E-state index contributed by atoms with van der Waals surface area (Å²) in [5, 5.41) is 14.9. The minimum absolute atomic E-state index is 0.199. The van der Waals surface area contributed by atoms with Crippen LogP contribution in [0.25, 0.3) is 0 Å². The fraction of sp³-hybridized carbons (Fsp3) is 0.333. The molecule has 0 bridgehead atoms. The molecule has 0 aliphatic heterocycles. The second kappa shape index (κ2) is 6.34. The third kappa shape index (κ3) is 3.47. The van der Waals surface area contributed by atoms with Gasteiger partial charge in [-0.1, -0.05) is 30.3 Å². The van der Waals surface area contributed by atoms with E-state index in [1.54, 1.807) is 12.3 Å². The smallest absolute Gasteiger partial charge is 0.271 e. The maximum atomic E-state index is 12.3. The van der Waals surface area contributed by atoms with Crippen molar-refractivity contribution in [2.75, 3.05) is 6.61 Å². The number of nitrogens with zero attached hydrogens (tertiary/aromatic N) is 1. The number of amides is 1. The molecule has 21 heavy (non-hydrogen) atoms. The Hall–Kier alpha value is -1.76. The number of hydrogen-bond donors (Lipinski definition) is 3. The van der Waals surface area contributed by atoms with E-state index >= 15 is 0 Å². The van der Waals surface area contributed by atoms with Crippen LogP contribution in [0.5, 0.6) is 0 Å². The summed E-state index contributed by atoms with van der Waals surface area (Å²) < 4.78 is 0. The number of aliphatic hydroxyl groups excluding tert-OH is 1. The van der Waals surface area contributed by atoms with E-state index in [9.17, 15) is 9.90 Å². The van der Waals surface area contributed by atoms with Gasteiger partial charge in [-0.15, -0.1) is 11.3 Å². The van der Waals surface area contributed by atoms with Crippen molar-refractivity contribution in [1.29, 1.82) is 0 Å². The van der Waals surface area contributed by atoms with Gasteiger partial charge in [0.15, 0.2) is 0 Å². The minimum atomic E-state index is -0.851. The van der Waals surface area contributed by atoms with Crippen molar-refractivity contribution in [3.05, 3.63) is 52.0 Å². The van der Waals surface area contributed by atoms with E-state index in [0.29, 0.717) is 10.7 Å². The highest BCUT2D eigenvalue weighted by Gasteiger charge is 2.29. The van der Waals surface area contributed by atoms with Crippen molar-refractivity contribution in [2.24, 2.45) is 5.73 Å². The zero-order chi connectivity index (χ0) is 15.5. The lowest BCUT2D eigenvalue weighted by Crippen LogP contribution is -2.46. The SMILES string of the molecule is CC(N)c1nc(C(=O)NC(C)(CO)c2ccccc2)cs1. The Morgan fingerprint density at radius 1 is 1.48 bits per heavy atom. The topological polar surface area (TPSA) is 88.2 Å². The number of carbonyl (C=O) groups excluding carboxylic acids is 1. The summed E-state index contributed by atoms with van der Waals surface area (Å²) in [6, 6.07) is 9.16. The molecule has 0 radical (unpaired) electrons. The first-order valence-electron chi connectivity index (χ1n) is 6.66. The van der Waals surface area contributed by atoms with Gasteiger partial charge in [0.2, 0.25) is 0 Å². The fourth-order valence-corrected chi connectivity index (χ4v) is 2.68. The maximum absolute atomic E-state index is 12.3. The maximum Gasteiger partial charge on any atom is 0.271 e. The van der Waals surface area contributed by atoms with Gasteiger partial charge < -0.3 is 16.2 Å². The van der Waals surface area contributed by atoms with E-state index in [2.05, 4.69) is 10.3 Å². The first kappa shape index (κ1) is 15.6. The summed E-state index contributed by atoms with van der Waals surface area (Å²) in [5.41, 5.74) is 6.06. The summed E-state index contributed by atoms with van der Waals surface area (Å²) in [5.74, 6) is -0.321. The van der Waals surface area contributed by atoms with Gasteiger partial charge in [-0.25, -0.2) is 4.98 Å². The predicted molar refractivity (Wildman–Crippen MR) is 83.1 cm³/mol. The average molecular weight is 305 g/mol. The molecule has 4 N–H and O–H groups in total. The van der Waals surface area contributed by atoms with E-state index in [1.165, 1.54) is 11.3 Å². The molecule has 5 nitrogen and oxygen atoms in total. The van der Waals surface area contributed by atoms with E-state index in [0.717, 1.165) is 5.56 Å². The number of benzene rings is 1. The minimum Gasteiger partial charge on any atom is -0.394 e. The Labute approximate surface area is 127 Å². The van der Waals surface area contributed by atoms with Crippen LogP contribution in [0.15, 0.2) is 35.7 Å². The first-order valence-corrected chi connectivity index (χ1v) is 7.54. The summed E-state index contributed by atoms with van der Waals surface area (Å²) in [4.78, 5) is 16.5. The summed E-state index contributed by atoms with van der Waals surface area (Å²) in [7, 11) is 0. The van der Waals surface area contributed by atoms with Gasteiger partial charge >= 0.3 is 0 Å². The van der Waals surface area contributed by atoms with Crippen LogP contribution in [0.1, 0.15) is 40.9 Å². The molecule has 0 saturated carbocycles. The fourth-order valence-electron chi connectivity index (χ4n) is 1.92. The lowest BCUT2D eigenvalue weighted by atomic mass is 9.93. The molecule has 1 heterocycles. The molecule has 112 valence electrons. The molecule has 0 saturated heterocycles. The number of thiazole rings is 1. The number of aliphatic hydroxyl groups is 1. The molecule has 1 aromatic heterocycles. The van der Waals surface area contributed by atoms with Crippen LogP contribution in [-0.4, -0.2) is 22.6 Å². The highest BCUT2D eigenvalue weighted by molar-refractivity contribution is 7.09. The van der Waals surface area contributed by atoms with Gasteiger partial charge in [0.1, 0.15) is 10.7 Å². The molecule has 2 unspecified atom stereocenters. The van der Waals surface area contributed by atoms with Crippen molar-refractivity contribution >= 4 is 17.2 Å². The van der Waals surface area contributed by atoms with E-state index in [1.807, 2.05) is 37.3 Å². The standard InChI is InChI=1S/C15H19N3O2S/c1-10(16)14-17-12(8-21-14)13(20)18-15(2,9-19)11-6-4-3-5-7-11/h3-8,10,19H,9,16H2,1-2H3,(H,18,20). The third-order valence-electron chi connectivity index (χ3n) is 3.26. The number of nitrogens with two attached hydrogens (primary N) is 1. The van der Waals surface area contributed by atoms with Crippen LogP contribution in [0.2, 0.25) is 0 Å². The molecule has 0 fully saturated rings. The van der Waals surface area contributed by atoms with Crippen LogP contribution >= 0.6 is 11.3 Å². The molecule has 1 amide bonds. The van der Waals surface area contributed by atoms with Crippen LogP contribution in [0.4, 0.5) is 0 Å². The summed E-state index contributed by atoms with van der Waals surface area (Å²) in [6.45, 7) is 3.40. The van der Waals surface area contributed by atoms with Crippen molar-refractivity contribution in [3.8, 4) is 0 Å². The van der Waals surface area contributed by atoms with Crippen molar-refractivity contribution < 1.29 is 9.90 Å². The van der Waals surface area contributed by atoms with Gasteiger partial charge in [0.05, 0.1) is 18.2 Å². The van der Waals surface area contributed by atoms with Gasteiger partial charge in [-0.3, -0.25) is 4.79 Å². The molecule has 0 aliphatic carbocycles. The highest BCUT2D eigenvalue weighted by atomic mass is 32.1. The van der Waals surface area contributed by atoms with Gasteiger partial charge in [-0.05, 0) is 19.4 Å². The molecule has 0 aliphatic rings. The van der Waals surface area contributed by atoms with E-state index in [4.69, 9.17) is 5.73 Å².